The minimum Gasteiger partial charge on any atom is -0.353 e. The molecule has 26 heavy (non-hydrogen) atoms. The van der Waals surface area contributed by atoms with Crippen LogP contribution >= 0.6 is 0 Å². The van der Waals surface area contributed by atoms with Crippen LogP contribution in [0, 0.1) is 11.6 Å². The van der Waals surface area contributed by atoms with Crippen molar-refractivity contribution in [1.29, 1.82) is 0 Å². The fourth-order valence-electron chi connectivity index (χ4n) is 2.57. The van der Waals surface area contributed by atoms with E-state index in [4.69, 9.17) is 0 Å². The summed E-state index contributed by atoms with van der Waals surface area (Å²) in [6.45, 7) is -0.219. The second-order valence-electron chi connectivity index (χ2n) is 6.05. The Balaban J connectivity index is 1.84. The summed E-state index contributed by atoms with van der Waals surface area (Å²) in [6.07, 6.45) is -1.95. The van der Waals surface area contributed by atoms with Crippen molar-refractivity contribution in [2.45, 2.75) is 31.6 Å². The number of nitrogens with one attached hydrogen (secondary N) is 1. The molecule has 1 N–H and O–H groups in total. The van der Waals surface area contributed by atoms with Crippen LogP contribution in [0.1, 0.15) is 24.2 Å². The largest absolute Gasteiger partial charge is 0.451 e. The molecule has 1 aliphatic rings. The van der Waals surface area contributed by atoms with Crippen LogP contribution in [0.25, 0.3) is 11.2 Å². The van der Waals surface area contributed by atoms with Gasteiger partial charge in [-0.05, 0) is 18.9 Å². The van der Waals surface area contributed by atoms with E-state index in [1.807, 2.05) is 0 Å². The van der Waals surface area contributed by atoms with Gasteiger partial charge in [-0.1, -0.05) is 12.1 Å². The lowest BCUT2D eigenvalue weighted by Crippen LogP contribution is -2.14. The van der Waals surface area contributed by atoms with E-state index < -0.39 is 23.6 Å². The molecule has 0 unspecified atom stereocenters. The van der Waals surface area contributed by atoms with E-state index in [2.05, 4.69) is 20.3 Å². The monoisotopic (exact) mass is 369 g/mol. The first kappa shape index (κ1) is 16.7. The number of benzene rings is 1. The number of hydrogen-bond donors (Lipinski definition) is 1. The first-order valence-corrected chi connectivity index (χ1v) is 7.83. The van der Waals surface area contributed by atoms with E-state index in [0.29, 0.717) is 0 Å². The molecule has 0 radical (unpaired) electrons. The van der Waals surface area contributed by atoms with Crippen molar-refractivity contribution >= 4 is 17.1 Å². The first-order chi connectivity index (χ1) is 12.3. The Morgan fingerprint density at radius 1 is 1.15 bits per heavy atom. The molecule has 1 saturated carbocycles. The van der Waals surface area contributed by atoms with Gasteiger partial charge in [-0.2, -0.15) is 13.2 Å². The second kappa shape index (κ2) is 5.89. The molecule has 0 saturated heterocycles. The van der Waals surface area contributed by atoms with Crippen LogP contribution in [0.3, 0.4) is 0 Å². The quantitative estimate of drug-likeness (QED) is 0.712. The topological polar surface area (TPSA) is 55.6 Å². The molecule has 0 spiro atoms. The molecule has 0 bridgehead atoms. The van der Waals surface area contributed by atoms with E-state index in [1.165, 1.54) is 16.7 Å². The van der Waals surface area contributed by atoms with Crippen LogP contribution in [0.4, 0.5) is 27.9 Å². The number of alkyl halides is 3. The number of halogens is 5. The number of nitrogens with zero attached hydrogens (tertiary/aromatic N) is 4. The maximum absolute atomic E-state index is 14.0. The zero-order chi connectivity index (χ0) is 18.5. The summed E-state index contributed by atoms with van der Waals surface area (Å²) in [7, 11) is 0. The van der Waals surface area contributed by atoms with Gasteiger partial charge < -0.3 is 5.32 Å². The molecule has 2 heterocycles. The number of anilines is 1. The summed E-state index contributed by atoms with van der Waals surface area (Å²) < 4.78 is 67.6. The molecule has 136 valence electrons. The lowest BCUT2D eigenvalue weighted by atomic mass is 10.2. The average molecular weight is 369 g/mol. The number of hydrogen-bond acceptors (Lipinski definition) is 4. The fourth-order valence-corrected chi connectivity index (χ4v) is 2.57. The maximum atomic E-state index is 14.0. The Bertz CT molecular complexity index is 977. The molecule has 4 rings (SSSR count). The highest BCUT2D eigenvalue weighted by atomic mass is 19.4. The predicted octanol–water partition coefficient (Wildman–Crippen LogP) is 3.75. The fraction of sp³-hybridized carbons (Fsp3) is 0.312. The Kier molecular flexibility index (Phi) is 3.78. The van der Waals surface area contributed by atoms with E-state index in [1.54, 1.807) is 0 Å². The zero-order valence-electron chi connectivity index (χ0n) is 13.2. The summed E-state index contributed by atoms with van der Waals surface area (Å²) >= 11 is 0. The van der Waals surface area contributed by atoms with Crippen molar-refractivity contribution in [3.05, 3.63) is 47.4 Å². The van der Waals surface area contributed by atoms with E-state index >= 15 is 0 Å². The van der Waals surface area contributed by atoms with Crippen molar-refractivity contribution < 1.29 is 22.0 Å². The normalized spacial score (nSPS) is 14.8. The molecular weight excluding hydrogens is 357 g/mol. The molecule has 1 fully saturated rings. The molecule has 2 aromatic heterocycles. The Morgan fingerprint density at radius 3 is 2.62 bits per heavy atom. The highest BCUT2D eigenvalue weighted by Crippen LogP contribution is 2.30. The van der Waals surface area contributed by atoms with Crippen LogP contribution in [0.5, 0.6) is 0 Å². The van der Waals surface area contributed by atoms with Crippen molar-refractivity contribution in [2.75, 3.05) is 5.32 Å². The van der Waals surface area contributed by atoms with Crippen LogP contribution in [0.2, 0.25) is 0 Å². The molecule has 1 aromatic carbocycles. The van der Waals surface area contributed by atoms with Crippen LogP contribution in [-0.4, -0.2) is 25.6 Å². The van der Waals surface area contributed by atoms with Gasteiger partial charge in [0.2, 0.25) is 11.8 Å². The summed E-state index contributed by atoms with van der Waals surface area (Å²) in [5.41, 5.74) is 0.0208. The minimum absolute atomic E-state index is 0.0182. The summed E-state index contributed by atoms with van der Waals surface area (Å²) in [6, 6.07) is 3.81. The van der Waals surface area contributed by atoms with Gasteiger partial charge in [0.05, 0.1) is 12.7 Å². The lowest BCUT2D eigenvalue weighted by Gasteiger charge is -2.11. The van der Waals surface area contributed by atoms with E-state index in [-0.39, 0.29) is 35.3 Å². The molecule has 5 nitrogen and oxygen atoms in total. The third-order valence-corrected chi connectivity index (χ3v) is 4.01. The van der Waals surface area contributed by atoms with Gasteiger partial charge in [-0.15, -0.1) is 0 Å². The Morgan fingerprint density at radius 2 is 1.92 bits per heavy atom. The number of aromatic nitrogens is 4. The van der Waals surface area contributed by atoms with E-state index in [9.17, 15) is 22.0 Å². The standard InChI is InChI=1S/C16H12F5N5/c17-10-3-1-2-8(12(10)18)7-26-13-11(24-15(26)23-9-4-5-9)6-22-14(25-13)16(19,20)21/h1-3,6,9H,4-5,7H2,(H,23,24). The molecule has 10 heteroatoms. The number of imidazole rings is 1. The van der Waals surface area contributed by atoms with Crippen molar-refractivity contribution in [3.8, 4) is 0 Å². The van der Waals surface area contributed by atoms with Gasteiger partial charge in [0.15, 0.2) is 17.3 Å². The third-order valence-electron chi connectivity index (χ3n) is 4.01. The maximum Gasteiger partial charge on any atom is 0.451 e. The highest BCUT2D eigenvalue weighted by molar-refractivity contribution is 5.74. The van der Waals surface area contributed by atoms with Crippen LogP contribution in [-0.2, 0) is 12.7 Å². The van der Waals surface area contributed by atoms with Crippen molar-refractivity contribution in [2.24, 2.45) is 0 Å². The zero-order valence-corrected chi connectivity index (χ0v) is 13.2. The second-order valence-corrected chi connectivity index (χ2v) is 6.05. The smallest absolute Gasteiger partial charge is 0.353 e. The number of rotatable bonds is 4. The third kappa shape index (κ3) is 3.06. The van der Waals surface area contributed by atoms with Crippen LogP contribution < -0.4 is 5.32 Å². The lowest BCUT2D eigenvalue weighted by molar-refractivity contribution is -0.144. The number of fused-ring (bicyclic) bond motifs is 1. The SMILES string of the molecule is Fc1cccc(Cn2c(NC3CC3)nc3cnc(C(F)(F)F)nc32)c1F. The molecule has 0 aliphatic heterocycles. The molecule has 0 amide bonds. The Hall–Kier alpha value is -2.78. The van der Waals surface area contributed by atoms with Crippen molar-refractivity contribution in [3.63, 3.8) is 0 Å². The van der Waals surface area contributed by atoms with Gasteiger partial charge in [0.1, 0.15) is 5.52 Å². The molecule has 3 aromatic rings. The van der Waals surface area contributed by atoms with Gasteiger partial charge in [0, 0.05) is 11.6 Å². The van der Waals surface area contributed by atoms with E-state index in [0.717, 1.165) is 25.1 Å². The van der Waals surface area contributed by atoms with Gasteiger partial charge >= 0.3 is 6.18 Å². The predicted molar refractivity (Wildman–Crippen MR) is 82.4 cm³/mol. The van der Waals surface area contributed by atoms with Gasteiger partial charge in [0.25, 0.3) is 0 Å². The van der Waals surface area contributed by atoms with Crippen molar-refractivity contribution in [1.82, 2.24) is 19.5 Å². The summed E-state index contributed by atoms with van der Waals surface area (Å²) in [5.74, 6) is -3.16. The molecule has 1 aliphatic carbocycles. The highest BCUT2D eigenvalue weighted by Gasteiger charge is 2.35. The summed E-state index contributed by atoms with van der Waals surface area (Å²) in [5, 5.41) is 3.07. The average Bonchev–Trinajstić information content (AvgIpc) is 3.33. The summed E-state index contributed by atoms with van der Waals surface area (Å²) in [4.78, 5) is 11.1. The Labute approximate surface area is 143 Å². The minimum atomic E-state index is -4.72. The van der Waals surface area contributed by atoms with Gasteiger partial charge in [-0.25, -0.2) is 23.7 Å². The molecule has 0 atom stereocenters. The first-order valence-electron chi connectivity index (χ1n) is 7.83. The van der Waals surface area contributed by atoms with Gasteiger partial charge in [-0.3, -0.25) is 4.57 Å². The van der Waals surface area contributed by atoms with Crippen LogP contribution in [0.15, 0.2) is 24.4 Å². The molecular formula is C16H12F5N5.